The van der Waals surface area contributed by atoms with Crippen LogP contribution < -0.4 is 10.1 Å². The van der Waals surface area contributed by atoms with Crippen molar-refractivity contribution in [3.05, 3.63) is 24.0 Å². The third-order valence-corrected chi connectivity index (χ3v) is 3.99. The van der Waals surface area contributed by atoms with E-state index in [1.165, 1.54) is 18.4 Å². The second kappa shape index (κ2) is 5.76. The third-order valence-electron chi connectivity index (χ3n) is 3.99. The van der Waals surface area contributed by atoms with Crippen LogP contribution in [0.2, 0.25) is 0 Å². The highest BCUT2D eigenvalue weighted by molar-refractivity contribution is 5.82. The van der Waals surface area contributed by atoms with E-state index in [1.807, 2.05) is 17.7 Å². The number of hydrogen-bond donors (Lipinski definition) is 1. The van der Waals surface area contributed by atoms with Gasteiger partial charge in [-0.1, -0.05) is 0 Å². The second-order valence-corrected chi connectivity index (χ2v) is 5.76. The second-order valence-electron chi connectivity index (χ2n) is 5.76. The standard InChI is InChI=1S/C16H21N3O2/c1-19-10-12(5-6-17-15(20)7-11-3-4-11)14-8-13(21-2)9-18-16(14)19/h8-11H,3-7H2,1-2H3,(H,17,20). The molecule has 5 heteroatoms. The van der Waals surface area contributed by atoms with E-state index < -0.39 is 0 Å². The van der Waals surface area contributed by atoms with Gasteiger partial charge in [0.25, 0.3) is 0 Å². The van der Waals surface area contributed by atoms with Crippen LogP contribution in [0, 0.1) is 5.92 Å². The van der Waals surface area contributed by atoms with Crippen LogP contribution >= 0.6 is 0 Å². The quantitative estimate of drug-likeness (QED) is 0.884. The molecule has 0 aromatic carbocycles. The van der Waals surface area contributed by atoms with Gasteiger partial charge < -0.3 is 14.6 Å². The van der Waals surface area contributed by atoms with Gasteiger partial charge in [0, 0.05) is 31.6 Å². The fraction of sp³-hybridized carbons (Fsp3) is 0.500. The molecule has 1 saturated carbocycles. The minimum absolute atomic E-state index is 0.174. The molecule has 1 amide bonds. The maximum Gasteiger partial charge on any atom is 0.220 e. The van der Waals surface area contributed by atoms with Crippen molar-refractivity contribution in [3.63, 3.8) is 0 Å². The maximum absolute atomic E-state index is 11.7. The number of aryl methyl sites for hydroxylation is 1. The normalized spacial score (nSPS) is 14.4. The third kappa shape index (κ3) is 3.17. The van der Waals surface area contributed by atoms with Gasteiger partial charge >= 0.3 is 0 Å². The van der Waals surface area contributed by atoms with E-state index in [9.17, 15) is 4.79 Å². The van der Waals surface area contributed by atoms with E-state index in [4.69, 9.17) is 4.74 Å². The van der Waals surface area contributed by atoms with E-state index in [-0.39, 0.29) is 5.91 Å². The van der Waals surface area contributed by atoms with Crippen molar-refractivity contribution in [2.75, 3.05) is 13.7 Å². The van der Waals surface area contributed by atoms with Gasteiger partial charge in [0.2, 0.25) is 5.91 Å². The van der Waals surface area contributed by atoms with Crippen molar-refractivity contribution in [1.82, 2.24) is 14.9 Å². The van der Waals surface area contributed by atoms with Crippen LogP contribution in [0.25, 0.3) is 11.0 Å². The number of fused-ring (bicyclic) bond motifs is 1. The van der Waals surface area contributed by atoms with E-state index in [2.05, 4.69) is 16.5 Å². The molecule has 1 fully saturated rings. The summed E-state index contributed by atoms with van der Waals surface area (Å²) < 4.78 is 7.25. The average Bonchev–Trinajstić information content (AvgIpc) is 3.23. The van der Waals surface area contributed by atoms with Gasteiger partial charge in [0.05, 0.1) is 13.3 Å². The summed E-state index contributed by atoms with van der Waals surface area (Å²) in [6.07, 6.45) is 7.71. The van der Waals surface area contributed by atoms with Gasteiger partial charge in [-0.25, -0.2) is 4.98 Å². The predicted molar refractivity (Wildman–Crippen MR) is 81.3 cm³/mol. The molecule has 0 unspecified atom stereocenters. The summed E-state index contributed by atoms with van der Waals surface area (Å²) in [6.45, 7) is 0.669. The molecule has 0 saturated heterocycles. The number of rotatable bonds is 6. The highest BCUT2D eigenvalue weighted by Crippen LogP contribution is 2.32. The number of amides is 1. The highest BCUT2D eigenvalue weighted by Gasteiger charge is 2.24. The molecule has 0 bridgehead atoms. The van der Waals surface area contributed by atoms with Crippen LogP contribution in [0.3, 0.4) is 0 Å². The lowest BCUT2D eigenvalue weighted by molar-refractivity contribution is -0.121. The molecule has 3 rings (SSSR count). The van der Waals surface area contributed by atoms with Crippen LogP contribution in [0.1, 0.15) is 24.8 Å². The van der Waals surface area contributed by atoms with E-state index in [0.29, 0.717) is 18.9 Å². The van der Waals surface area contributed by atoms with Crippen molar-refractivity contribution in [2.24, 2.45) is 13.0 Å². The van der Waals surface area contributed by atoms with Crippen molar-refractivity contribution in [3.8, 4) is 5.75 Å². The highest BCUT2D eigenvalue weighted by atomic mass is 16.5. The van der Waals surface area contributed by atoms with Gasteiger partial charge in [0.15, 0.2) is 0 Å². The smallest absolute Gasteiger partial charge is 0.220 e. The first-order valence-corrected chi connectivity index (χ1v) is 7.42. The first-order chi connectivity index (χ1) is 10.2. The molecule has 5 nitrogen and oxygen atoms in total. The summed E-state index contributed by atoms with van der Waals surface area (Å²) in [4.78, 5) is 16.1. The van der Waals surface area contributed by atoms with Crippen LogP contribution in [-0.2, 0) is 18.3 Å². The Kier molecular flexibility index (Phi) is 3.82. The Morgan fingerprint density at radius 1 is 1.52 bits per heavy atom. The fourth-order valence-electron chi connectivity index (χ4n) is 2.62. The molecule has 21 heavy (non-hydrogen) atoms. The number of pyridine rings is 1. The Morgan fingerprint density at radius 3 is 3.05 bits per heavy atom. The molecule has 2 heterocycles. The number of aromatic nitrogens is 2. The summed E-state index contributed by atoms with van der Waals surface area (Å²) in [5.74, 6) is 1.57. The minimum atomic E-state index is 0.174. The lowest BCUT2D eigenvalue weighted by Crippen LogP contribution is -2.25. The predicted octanol–water partition coefficient (Wildman–Crippen LogP) is 2.04. The van der Waals surface area contributed by atoms with Gasteiger partial charge in [-0.15, -0.1) is 0 Å². The molecular formula is C16H21N3O2. The van der Waals surface area contributed by atoms with E-state index in [1.54, 1.807) is 13.3 Å². The SMILES string of the molecule is COc1cnc2c(c1)c(CCNC(=O)CC1CC1)cn2C. The summed E-state index contributed by atoms with van der Waals surface area (Å²) in [7, 11) is 3.63. The van der Waals surface area contributed by atoms with Crippen molar-refractivity contribution in [2.45, 2.75) is 25.7 Å². The molecule has 0 aliphatic heterocycles. The number of ether oxygens (including phenoxy) is 1. The van der Waals surface area contributed by atoms with Crippen molar-refractivity contribution < 1.29 is 9.53 Å². The molecule has 2 aromatic heterocycles. The average molecular weight is 287 g/mol. The number of nitrogens with one attached hydrogen (secondary N) is 1. The van der Waals surface area contributed by atoms with Gasteiger partial charge in [-0.2, -0.15) is 0 Å². The lowest BCUT2D eigenvalue weighted by atomic mass is 10.1. The lowest BCUT2D eigenvalue weighted by Gasteiger charge is -2.04. The van der Waals surface area contributed by atoms with Gasteiger partial charge in [0.1, 0.15) is 11.4 Å². The molecule has 0 spiro atoms. The zero-order valence-electron chi connectivity index (χ0n) is 12.6. The zero-order valence-corrected chi connectivity index (χ0v) is 12.6. The van der Waals surface area contributed by atoms with Crippen LogP contribution in [0.4, 0.5) is 0 Å². The Labute approximate surface area is 124 Å². The summed E-state index contributed by atoms with van der Waals surface area (Å²) in [6, 6.07) is 2.00. The first kappa shape index (κ1) is 13.9. The first-order valence-electron chi connectivity index (χ1n) is 7.42. The molecule has 1 aliphatic carbocycles. The van der Waals surface area contributed by atoms with Crippen molar-refractivity contribution in [1.29, 1.82) is 0 Å². The monoisotopic (exact) mass is 287 g/mol. The fourth-order valence-corrected chi connectivity index (χ4v) is 2.62. The minimum Gasteiger partial charge on any atom is -0.495 e. The van der Waals surface area contributed by atoms with E-state index >= 15 is 0 Å². The Hall–Kier alpha value is -2.04. The molecule has 112 valence electrons. The van der Waals surface area contributed by atoms with Crippen LogP contribution in [0.15, 0.2) is 18.5 Å². The Bertz CT molecular complexity index is 659. The van der Waals surface area contributed by atoms with E-state index in [0.717, 1.165) is 23.2 Å². The van der Waals surface area contributed by atoms with Crippen molar-refractivity contribution >= 4 is 16.9 Å². The number of carbonyl (C=O) groups excluding carboxylic acids is 1. The Balaban J connectivity index is 1.66. The maximum atomic E-state index is 11.7. The summed E-state index contributed by atoms with van der Waals surface area (Å²) in [5, 5.41) is 4.10. The van der Waals surface area contributed by atoms with Crippen LogP contribution in [-0.4, -0.2) is 29.1 Å². The summed E-state index contributed by atoms with van der Waals surface area (Å²) in [5.41, 5.74) is 2.13. The number of methoxy groups -OCH3 is 1. The zero-order chi connectivity index (χ0) is 14.8. The summed E-state index contributed by atoms with van der Waals surface area (Å²) >= 11 is 0. The molecule has 1 aliphatic rings. The number of carbonyl (C=O) groups is 1. The molecule has 1 N–H and O–H groups in total. The topological polar surface area (TPSA) is 56.1 Å². The number of nitrogens with zero attached hydrogens (tertiary/aromatic N) is 2. The molecule has 0 radical (unpaired) electrons. The molecular weight excluding hydrogens is 266 g/mol. The van der Waals surface area contributed by atoms with Gasteiger partial charge in [-0.3, -0.25) is 4.79 Å². The Morgan fingerprint density at radius 2 is 2.33 bits per heavy atom. The molecule has 0 atom stereocenters. The van der Waals surface area contributed by atoms with Gasteiger partial charge in [-0.05, 0) is 36.8 Å². The largest absolute Gasteiger partial charge is 0.495 e. The van der Waals surface area contributed by atoms with Crippen LogP contribution in [0.5, 0.6) is 5.75 Å². The molecule has 2 aromatic rings. The number of hydrogen-bond acceptors (Lipinski definition) is 3.